The van der Waals surface area contributed by atoms with E-state index >= 15 is 0 Å². The summed E-state index contributed by atoms with van der Waals surface area (Å²) in [5, 5.41) is 14.6. The fourth-order valence-electron chi connectivity index (χ4n) is 3.26. The van der Waals surface area contributed by atoms with Gasteiger partial charge in [-0.2, -0.15) is 0 Å². The first-order valence-corrected chi connectivity index (χ1v) is 11.0. The molecule has 2 rings (SSSR count). The van der Waals surface area contributed by atoms with Crippen LogP contribution in [0.15, 0.2) is 48.5 Å². The van der Waals surface area contributed by atoms with Gasteiger partial charge >= 0.3 is 24.0 Å². The average Bonchev–Trinajstić information content (AvgIpc) is 2.90. The van der Waals surface area contributed by atoms with Gasteiger partial charge in [-0.05, 0) is 23.3 Å². The molecular weight excluding hydrogens is 488 g/mol. The summed E-state index contributed by atoms with van der Waals surface area (Å²) in [5.41, 5.74) is 1.05. The van der Waals surface area contributed by atoms with E-state index in [1.165, 1.54) is 25.3 Å². The minimum atomic E-state index is -1.41. The van der Waals surface area contributed by atoms with Crippen LogP contribution in [0.1, 0.15) is 21.5 Å². The number of carbonyl (C=O) groups excluding carboxylic acids is 4. The number of hydrogen-bond donors (Lipinski definition) is 3. The minimum absolute atomic E-state index is 0.0297. The maximum atomic E-state index is 13.0. The third-order valence-corrected chi connectivity index (χ3v) is 5.15. The van der Waals surface area contributed by atoms with Gasteiger partial charge in [0, 0.05) is 12.8 Å². The molecule has 37 heavy (non-hydrogen) atoms. The largest absolute Gasteiger partial charge is 0.481 e. The molecule has 12 heteroatoms. The molecule has 2 aromatic carbocycles. The van der Waals surface area contributed by atoms with Crippen molar-refractivity contribution >= 4 is 29.9 Å². The van der Waals surface area contributed by atoms with Crippen molar-refractivity contribution in [3.8, 4) is 5.75 Å². The van der Waals surface area contributed by atoms with Crippen molar-refractivity contribution in [2.45, 2.75) is 24.9 Å². The van der Waals surface area contributed by atoms with Crippen molar-refractivity contribution in [3.63, 3.8) is 0 Å². The third kappa shape index (κ3) is 8.84. The number of nitrogens with one attached hydrogen (secondary N) is 2. The molecule has 0 heterocycles. The van der Waals surface area contributed by atoms with Gasteiger partial charge in [0.25, 0.3) is 0 Å². The molecule has 2 amide bonds. The van der Waals surface area contributed by atoms with E-state index in [1.54, 1.807) is 30.3 Å². The predicted molar refractivity (Wildman–Crippen MR) is 128 cm³/mol. The van der Waals surface area contributed by atoms with Crippen molar-refractivity contribution in [1.29, 1.82) is 0 Å². The van der Waals surface area contributed by atoms with Crippen molar-refractivity contribution in [2.24, 2.45) is 0 Å². The van der Waals surface area contributed by atoms with Gasteiger partial charge in [0.05, 0.1) is 21.3 Å². The van der Waals surface area contributed by atoms with Crippen LogP contribution in [0.2, 0.25) is 0 Å². The van der Waals surface area contributed by atoms with Gasteiger partial charge in [-0.15, -0.1) is 0 Å². The number of hydrogen-bond acceptors (Lipinski definition) is 9. The van der Waals surface area contributed by atoms with E-state index in [4.69, 9.17) is 9.47 Å². The molecule has 1 unspecified atom stereocenters. The second-order valence-corrected chi connectivity index (χ2v) is 7.67. The second-order valence-electron chi connectivity index (χ2n) is 7.67. The number of methoxy groups -OCH3 is 3. The zero-order valence-electron chi connectivity index (χ0n) is 20.5. The highest BCUT2D eigenvalue weighted by Crippen LogP contribution is 2.22. The van der Waals surface area contributed by atoms with Crippen LogP contribution < -0.4 is 15.4 Å². The number of carboxylic acid groups (broad SMARTS) is 1. The number of ether oxygens (including phenoxy) is 4. The molecule has 0 fully saturated rings. The molecule has 0 radical (unpaired) electrons. The summed E-state index contributed by atoms with van der Waals surface area (Å²) in [6, 6.07) is 10.5. The van der Waals surface area contributed by atoms with Gasteiger partial charge in [0.1, 0.15) is 23.4 Å². The van der Waals surface area contributed by atoms with Gasteiger partial charge in [-0.3, -0.25) is 4.79 Å². The van der Waals surface area contributed by atoms with Crippen LogP contribution in [0.3, 0.4) is 0 Å². The number of esters is 2. The van der Waals surface area contributed by atoms with E-state index in [0.29, 0.717) is 5.56 Å². The highest BCUT2D eigenvalue weighted by atomic mass is 16.6. The van der Waals surface area contributed by atoms with Crippen LogP contribution in [0.4, 0.5) is 4.79 Å². The number of carboxylic acids is 1. The van der Waals surface area contributed by atoms with Crippen molar-refractivity contribution in [1.82, 2.24) is 10.6 Å². The van der Waals surface area contributed by atoms with E-state index in [0.717, 1.165) is 19.8 Å². The smallest absolute Gasteiger partial charge is 0.407 e. The zero-order chi connectivity index (χ0) is 27.4. The van der Waals surface area contributed by atoms with Crippen LogP contribution in [0.25, 0.3) is 0 Å². The molecule has 0 aromatic heterocycles. The van der Waals surface area contributed by atoms with Crippen molar-refractivity contribution < 1.29 is 48.0 Å². The van der Waals surface area contributed by atoms with Crippen LogP contribution in [0.5, 0.6) is 5.75 Å². The number of benzene rings is 2. The van der Waals surface area contributed by atoms with Gasteiger partial charge < -0.3 is 34.7 Å². The lowest BCUT2D eigenvalue weighted by Gasteiger charge is -2.21. The van der Waals surface area contributed by atoms with Crippen molar-refractivity contribution in [2.75, 3.05) is 27.9 Å². The molecule has 0 spiro atoms. The molecule has 0 bridgehead atoms. The van der Waals surface area contributed by atoms with Gasteiger partial charge in [-0.25, -0.2) is 19.2 Å². The first kappa shape index (κ1) is 28.6. The molecule has 0 aliphatic carbocycles. The molecule has 0 saturated carbocycles. The second kappa shape index (κ2) is 14.1. The molecule has 3 N–H and O–H groups in total. The molecule has 0 aliphatic rings. The Morgan fingerprint density at radius 2 is 1.49 bits per heavy atom. The Morgan fingerprint density at radius 3 is 2.08 bits per heavy atom. The lowest BCUT2D eigenvalue weighted by atomic mass is 10.0. The standard InChI is InChI=1S/C25H28N2O10/c1-34-21(28)14-37-20-10-9-16(11-17(20)24(32)35-2)13-19(23(30)31)26-22(29)18(27-25(33)36-3)12-15-7-5-4-6-8-15/h4-11,18-19H,12-14H2,1-3H3,(H,26,29)(H,27,33)(H,30,31)/t18?,19-/m0/s1. The Morgan fingerprint density at radius 1 is 0.811 bits per heavy atom. The third-order valence-electron chi connectivity index (χ3n) is 5.15. The fourth-order valence-corrected chi connectivity index (χ4v) is 3.26. The van der Waals surface area contributed by atoms with E-state index < -0.39 is 48.6 Å². The quantitative estimate of drug-likeness (QED) is 0.275. The van der Waals surface area contributed by atoms with E-state index in [9.17, 15) is 29.1 Å². The Balaban J connectivity index is 2.23. The molecule has 2 atom stereocenters. The summed E-state index contributed by atoms with van der Waals surface area (Å²) in [4.78, 5) is 60.3. The van der Waals surface area contributed by atoms with Gasteiger partial charge in [-0.1, -0.05) is 36.4 Å². The minimum Gasteiger partial charge on any atom is -0.481 e. The lowest BCUT2D eigenvalue weighted by molar-refractivity contribution is -0.143. The predicted octanol–water partition coefficient (Wildman–Crippen LogP) is 1.10. The number of rotatable bonds is 12. The van der Waals surface area contributed by atoms with Crippen LogP contribution in [-0.2, 0) is 41.4 Å². The first-order chi connectivity index (χ1) is 17.7. The van der Waals surface area contributed by atoms with E-state index in [-0.39, 0.29) is 24.2 Å². The summed E-state index contributed by atoms with van der Waals surface area (Å²) in [6.45, 7) is -0.455. The Hall–Kier alpha value is -4.61. The lowest BCUT2D eigenvalue weighted by Crippen LogP contribution is -2.53. The number of amides is 2. The molecule has 0 saturated heterocycles. The van der Waals surface area contributed by atoms with E-state index in [1.807, 2.05) is 0 Å². The summed E-state index contributed by atoms with van der Waals surface area (Å²) in [6.07, 6.45) is -0.973. The molecule has 198 valence electrons. The molecular formula is C25H28N2O10. The van der Waals surface area contributed by atoms with Gasteiger partial charge in [0.15, 0.2) is 6.61 Å². The van der Waals surface area contributed by atoms with Crippen LogP contribution in [0, 0.1) is 0 Å². The summed E-state index contributed by atoms with van der Waals surface area (Å²) in [7, 11) is 3.48. The average molecular weight is 517 g/mol. The maximum absolute atomic E-state index is 13.0. The molecule has 2 aromatic rings. The number of aliphatic carboxylic acids is 1. The SMILES string of the molecule is COC(=O)COc1ccc(C[C@H](NC(=O)C(Cc2ccccc2)NC(=O)OC)C(=O)O)cc1C(=O)OC. The monoisotopic (exact) mass is 516 g/mol. The number of carbonyl (C=O) groups is 5. The summed E-state index contributed by atoms with van der Waals surface area (Å²) >= 11 is 0. The van der Waals surface area contributed by atoms with Crippen LogP contribution in [-0.4, -0.2) is 75.0 Å². The topological polar surface area (TPSA) is 167 Å². The van der Waals surface area contributed by atoms with Crippen LogP contribution >= 0.6 is 0 Å². The van der Waals surface area contributed by atoms with Gasteiger partial charge in [0.2, 0.25) is 5.91 Å². The highest BCUT2D eigenvalue weighted by Gasteiger charge is 2.28. The zero-order valence-corrected chi connectivity index (χ0v) is 20.5. The normalized spacial score (nSPS) is 11.9. The molecule has 0 aliphatic heterocycles. The first-order valence-electron chi connectivity index (χ1n) is 11.0. The van der Waals surface area contributed by atoms with E-state index in [2.05, 4.69) is 20.1 Å². The highest BCUT2D eigenvalue weighted by molar-refractivity contribution is 5.93. The Labute approximate surface area is 212 Å². The fraction of sp³-hybridized carbons (Fsp3) is 0.320. The molecule has 12 nitrogen and oxygen atoms in total. The summed E-state index contributed by atoms with van der Waals surface area (Å²) < 4.78 is 19.1. The number of alkyl carbamates (subject to hydrolysis) is 1. The Bertz CT molecular complexity index is 1120. The maximum Gasteiger partial charge on any atom is 0.407 e. The summed E-state index contributed by atoms with van der Waals surface area (Å²) in [5.74, 6) is -3.49. The Kier molecular flexibility index (Phi) is 10.9. The van der Waals surface area contributed by atoms with Crippen molar-refractivity contribution in [3.05, 3.63) is 65.2 Å².